The number of sulfonamides is 1. The van der Waals surface area contributed by atoms with Gasteiger partial charge in [0.15, 0.2) is 0 Å². The molecule has 1 aromatic heterocycles. The van der Waals surface area contributed by atoms with Gasteiger partial charge in [0.1, 0.15) is 17.2 Å². The standard InChI is InChI=1S/C18H18FN3O5S/c1-11-7-12(4-5-15(11)19)10-28(26,27)21-17(23)13-8-22(9-13)16-14(18(24)25)3-2-6-20-16/h2-7,13H,8-10H2,1H3,(H,21,23)(H,24,25). The topological polar surface area (TPSA) is 117 Å². The van der Waals surface area contributed by atoms with Gasteiger partial charge in [-0.25, -0.2) is 22.6 Å². The molecule has 0 radical (unpaired) electrons. The van der Waals surface area contributed by atoms with Crippen LogP contribution >= 0.6 is 0 Å². The third kappa shape index (κ3) is 4.28. The molecule has 1 saturated heterocycles. The Kier molecular flexibility index (Phi) is 5.32. The number of hydrogen-bond donors (Lipinski definition) is 2. The molecular weight excluding hydrogens is 389 g/mol. The molecule has 1 fully saturated rings. The molecule has 28 heavy (non-hydrogen) atoms. The summed E-state index contributed by atoms with van der Waals surface area (Å²) < 4.78 is 39.7. The molecule has 2 heterocycles. The zero-order valence-corrected chi connectivity index (χ0v) is 15.7. The van der Waals surface area contributed by atoms with Gasteiger partial charge in [-0.3, -0.25) is 9.52 Å². The number of anilines is 1. The number of amides is 1. The van der Waals surface area contributed by atoms with Crippen LogP contribution in [-0.4, -0.2) is 43.5 Å². The van der Waals surface area contributed by atoms with Crippen LogP contribution in [0.15, 0.2) is 36.5 Å². The fourth-order valence-corrected chi connectivity index (χ4v) is 4.09. The van der Waals surface area contributed by atoms with Gasteiger partial charge in [-0.05, 0) is 36.2 Å². The second-order valence-electron chi connectivity index (χ2n) is 6.59. The van der Waals surface area contributed by atoms with Gasteiger partial charge in [0.25, 0.3) is 0 Å². The molecule has 0 bridgehead atoms. The first kappa shape index (κ1) is 19.7. The van der Waals surface area contributed by atoms with Crippen molar-refractivity contribution in [3.63, 3.8) is 0 Å². The van der Waals surface area contributed by atoms with Gasteiger partial charge < -0.3 is 10.0 Å². The zero-order valence-electron chi connectivity index (χ0n) is 14.9. The lowest BCUT2D eigenvalue weighted by Crippen LogP contribution is -2.55. The number of carbonyl (C=O) groups is 2. The molecule has 10 heteroatoms. The van der Waals surface area contributed by atoms with Crippen molar-refractivity contribution in [2.45, 2.75) is 12.7 Å². The molecule has 0 spiro atoms. The number of rotatable bonds is 6. The Bertz CT molecular complexity index is 1040. The third-order valence-corrected chi connectivity index (χ3v) is 5.63. The van der Waals surface area contributed by atoms with Gasteiger partial charge in [0.05, 0.1) is 11.7 Å². The van der Waals surface area contributed by atoms with Crippen molar-refractivity contribution in [2.24, 2.45) is 5.92 Å². The zero-order chi connectivity index (χ0) is 20.5. The summed E-state index contributed by atoms with van der Waals surface area (Å²) in [6.07, 6.45) is 1.45. The summed E-state index contributed by atoms with van der Waals surface area (Å²) in [5.74, 6) is -3.04. The van der Waals surface area contributed by atoms with E-state index in [9.17, 15) is 27.5 Å². The minimum Gasteiger partial charge on any atom is -0.478 e. The van der Waals surface area contributed by atoms with E-state index in [1.54, 1.807) is 4.90 Å². The van der Waals surface area contributed by atoms with Crippen LogP contribution in [0.4, 0.5) is 10.2 Å². The van der Waals surface area contributed by atoms with Crippen molar-refractivity contribution >= 4 is 27.7 Å². The number of pyridine rings is 1. The van der Waals surface area contributed by atoms with Crippen molar-refractivity contribution in [3.8, 4) is 0 Å². The fraction of sp³-hybridized carbons (Fsp3) is 0.278. The molecule has 1 aliphatic heterocycles. The number of carbonyl (C=O) groups excluding carboxylic acids is 1. The molecular formula is C18H18FN3O5S. The van der Waals surface area contributed by atoms with Crippen LogP contribution in [-0.2, 0) is 20.6 Å². The quantitative estimate of drug-likeness (QED) is 0.741. The Hall–Kier alpha value is -3.01. The van der Waals surface area contributed by atoms with Crippen molar-refractivity contribution in [3.05, 3.63) is 59.0 Å². The van der Waals surface area contributed by atoms with Crippen LogP contribution in [0.25, 0.3) is 0 Å². The smallest absolute Gasteiger partial charge is 0.339 e. The Morgan fingerprint density at radius 2 is 2.04 bits per heavy atom. The second kappa shape index (κ2) is 7.55. The molecule has 0 saturated carbocycles. The van der Waals surface area contributed by atoms with Crippen LogP contribution in [0.3, 0.4) is 0 Å². The maximum Gasteiger partial charge on any atom is 0.339 e. The van der Waals surface area contributed by atoms with Crippen LogP contribution in [0.2, 0.25) is 0 Å². The monoisotopic (exact) mass is 407 g/mol. The van der Waals surface area contributed by atoms with E-state index in [1.807, 2.05) is 4.72 Å². The third-order valence-electron chi connectivity index (χ3n) is 4.40. The van der Waals surface area contributed by atoms with E-state index < -0.39 is 39.4 Å². The lowest BCUT2D eigenvalue weighted by atomic mass is 9.99. The molecule has 3 rings (SSSR count). The van der Waals surface area contributed by atoms with E-state index >= 15 is 0 Å². The van der Waals surface area contributed by atoms with Gasteiger partial charge in [0, 0.05) is 19.3 Å². The summed E-state index contributed by atoms with van der Waals surface area (Å²) in [6, 6.07) is 6.86. The molecule has 2 aromatic rings. The Labute approximate surface area is 161 Å². The number of halogens is 1. The van der Waals surface area contributed by atoms with Crippen LogP contribution in [0.5, 0.6) is 0 Å². The molecule has 0 unspecified atom stereocenters. The molecule has 0 aliphatic carbocycles. The van der Waals surface area contributed by atoms with Gasteiger partial charge in [-0.2, -0.15) is 0 Å². The number of nitrogens with zero attached hydrogens (tertiary/aromatic N) is 2. The first-order valence-electron chi connectivity index (χ1n) is 8.39. The van der Waals surface area contributed by atoms with Crippen LogP contribution in [0, 0.1) is 18.7 Å². The highest BCUT2D eigenvalue weighted by atomic mass is 32.2. The van der Waals surface area contributed by atoms with E-state index in [4.69, 9.17) is 0 Å². The molecule has 1 aromatic carbocycles. The Balaban J connectivity index is 1.60. The summed E-state index contributed by atoms with van der Waals surface area (Å²) in [5, 5.41) is 9.19. The number of nitrogens with one attached hydrogen (secondary N) is 1. The number of aryl methyl sites for hydroxylation is 1. The van der Waals surface area contributed by atoms with Crippen LogP contribution < -0.4 is 9.62 Å². The second-order valence-corrected chi connectivity index (χ2v) is 8.31. The normalized spacial score (nSPS) is 14.4. The van der Waals surface area contributed by atoms with E-state index in [2.05, 4.69) is 4.98 Å². The van der Waals surface area contributed by atoms with E-state index in [0.717, 1.165) is 0 Å². The van der Waals surface area contributed by atoms with Gasteiger partial charge in [-0.1, -0.05) is 12.1 Å². The number of aromatic nitrogens is 1. The average molecular weight is 407 g/mol. The summed E-state index contributed by atoms with van der Waals surface area (Å²) in [7, 11) is -3.94. The minimum absolute atomic E-state index is 0.0145. The summed E-state index contributed by atoms with van der Waals surface area (Å²) in [4.78, 5) is 29.1. The lowest BCUT2D eigenvalue weighted by molar-refractivity contribution is -0.123. The number of hydrogen-bond acceptors (Lipinski definition) is 6. The van der Waals surface area contributed by atoms with Gasteiger partial charge in [0.2, 0.25) is 15.9 Å². The van der Waals surface area contributed by atoms with Crippen molar-refractivity contribution in [1.82, 2.24) is 9.71 Å². The van der Waals surface area contributed by atoms with E-state index in [-0.39, 0.29) is 24.5 Å². The van der Waals surface area contributed by atoms with Crippen molar-refractivity contribution < 1.29 is 27.5 Å². The molecule has 2 N–H and O–H groups in total. The number of benzene rings is 1. The molecule has 0 atom stereocenters. The van der Waals surface area contributed by atoms with Gasteiger partial charge >= 0.3 is 5.97 Å². The van der Waals surface area contributed by atoms with Crippen LogP contribution in [0.1, 0.15) is 21.5 Å². The predicted octanol–water partition coefficient (Wildman–Crippen LogP) is 1.31. The summed E-state index contributed by atoms with van der Waals surface area (Å²) >= 11 is 0. The molecule has 1 amide bonds. The average Bonchev–Trinajstić information content (AvgIpc) is 2.56. The highest BCUT2D eigenvalue weighted by molar-refractivity contribution is 7.89. The number of carboxylic acids is 1. The first-order valence-corrected chi connectivity index (χ1v) is 10.0. The summed E-state index contributed by atoms with van der Waals surface area (Å²) in [5.41, 5.74) is 0.702. The van der Waals surface area contributed by atoms with Crippen molar-refractivity contribution in [1.29, 1.82) is 0 Å². The minimum atomic E-state index is -3.94. The lowest BCUT2D eigenvalue weighted by Gasteiger charge is -2.39. The first-order chi connectivity index (χ1) is 13.2. The van der Waals surface area contributed by atoms with Gasteiger partial charge in [-0.15, -0.1) is 0 Å². The largest absolute Gasteiger partial charge is 0.478 e. The maximum atomic E-state index is 13.3. The molecule has 1 aliphatic rings. The highest BCUT2D eigenvalue weighted by Gasteiger charge is 2.36. The SMILES string of the molecule is Cc1cc(CS(=O)(=O)NC(=O)C2CN(c3ncccc3C(=O)O)C2)ccc1F. The Morgan fingerprint density at radius 3 is 2.68 bits per heavy atom. The summed E-state index contributed by atoms with van der Waals surface area (Å²) in [6.45, 7) is 1.85. The molecule has 148 valence electrons. The highest BCUT2D eigenvalue weighted by Crippen LogP contribution is 2.26. The number of carboxylic acid groups (broad SMARTS) is 1. The predicted molar refractivity (Wildman–Crippen MR) is 98.8 cm³/mol. The number of aromatic carboxylic acids is 1. The van der Waals surface area contributed by atoms with E-state index in [1.165, 1.54) is 43.5 Å². The Morgan fingerprint density at radius 1 is 1.32 bits per heavy atom. The van der Waals surface area contributed by atoms with E-state index in [0.29, 0.717) is 11.1 Å². The fourth-order valence-electron chi connectivity index (χ4n) is 2.92. The van der Waals surface area contributed by atoms with Crippen molar-refractivity contribution in [2.75, 3.05) is 18.0 Å². The maximum absolute atomic E-state index is 13.3. The molecule has 8 nitrogen and oxygen atoms in total.